The van der Waals surface area contributed by atoms with Gasteiger partial charge in [0.1, 0.15) is 5.60 Å². The van der Waals surface area contributed by atoms with Gasteiger partial charge in [0.25, 0.3) is 0 Å². The van der Waals surface area contributed by atoms with E-state index in [0.717, 1.165) is 38.2 Å². The zero-order valence-electron chi connectivity index (χ0n) is 20.7. The molecule has 1 aliphatic heterocycles. The second kappa shape index (κ2) is 10.2. The lowest BCUT2D eigenvalue weighted by Gasteiger charge is -2.24. The van der Waals surface area contributed by atoms with Crippen LogP contribution >= 0.6 is 0 Å². The number of hydrogen-bond donors (Lipinski definition) is 4. The maximum Gasteiger partial charge on any atom is 0.351 e. The highest BCUT2D eigenvalue weighted by molar-refractivity contribution is 5.66. The smallest absolute Gasteiger partial charge is 0.351 e. The molecule has 0 aliphatic carbocycles. The second-order valence-corrected chi connectivity index (χ2v) is 9.47. The molecule has 1 saturated heterocycles. The molecule has 3 heterocycles. The van der Waals surface area contributed by atoms with Gasteiger partial charge in [-0.2, -0.15) is 9.89 Å². The SMILES string of the molecule is CN1CCCN(n2cc(-c3cnc(N)c(OC(O)(O)c4cccc(C#CC(C)(C)O)c4)c3)cn2)CC1. The number of ether oxygens (including phenoxy) is 1. The number of aliphatic hydroxyl groups is 3. The second-order valence-electron chi connectivity index (χ2n) is 9.47. The maximum atomic E-state index is 10.7. The number of anilines is 1. The highest BCUT2D eigenvalue weighted by Crippen LogP contribution is 2.31. The Labute approximate surface area is 210 Å². The van der Waals surface area contributed by atoms with Crippen LogP contribution in [0.2, 0.25) is 0 Å². The van der Waals surface area contributed by atoms with Gasteiger partial charge in [0.05, 0.1) is 18.0 Å². The average molecular weight is 493 g/mol. The number of nitrogen functional groups attached to an aromatic ring is 1. The van der Waals surface area contributed by atoms with Crippen molar-refractivity contribution in [3.8, 4) is 28.7 Å². The first-order valence-electron chi connectivity index (χ1n) is 11.7. The zero-order chi connectivity index (χ0) is 25.9. The summed E-state index contributed by atoms with van der Waals surface area (Å²) in [4.78, 5) is 8.30. The lowest BCUT2D eigenvalue weighted by Crippen LogP contribution is -2.38. The van der Waals surface area contributed by atoms with Crippen LogP contribution in [0.5, 0.6) is 5.75 Å². The number of pyridine rings is 1. The van der Waals surface area contributed by atoms with Gasteiger partial charge >= 0.3 is 5.97 Å². The van der Waals surface area contributed by atoms with Crippen LogP contribution in [0.3, 0.4) is 0 Å². The molecule has 3 aromatic rings. The van der Waals surface area contributed by atoms with Crippen molar-refractivity contribution in [2.45, 2.75) is 31.8 Å². The number of nitrogens with zero attached hydrogens (tertiary/aromatic N) is 5. The molecule has 0 spiro atoms. The summed E-state index contributed by atoms with van der Waals surface area (Å²) in [6, 6.07) is 7.86. The van der Waals surface area contributed by atoms with Gasteiger partial charge in [-0.25, -0.2) is 4.98 Å². The van der Waals surface area contributed by atoms with Crippen LogP contribution < -0.4 is 15.5 Å². The van der Waals surface area contributed by atoms with Crippen LogP contribution in [0.15, 0.2) is 48.9 Å². The van der Waals surface area contributed by atoms with Crippen LogP contribution in [0.25, 0.3) is 11.1 Å². The minimum atomic E-state index is -2.69. The van der Waals surface area contributed by atoms with E-state index in [-0.39, 0.29) is 17.1 Å². The Bertz CT molecular complexity index is 1270. The lowest BCUT2D eigenvalue weighted by molar-refractivity contribution is -0.303. The van der Waals surface area contributed by atoms with Crippen molar-refractivity contribution >= 4 is 5.82 Å². The molecule has 1 aromatic carbocycles. The fourth-order valence-electron chi connectivity index (χ4n) is 3.79. The maximum absolute atomic E-state index is 10.7. The van der Waals surface area contributed by atoms with Crippen molar-refractivity contribution in [3.05, 3.63) is 60.0 Å². The van der Waals surface area contributed by atoms with Gasteiger partial charge in [0.2, 0.25) is 0 Å². The van der Waals surface area contributed by atoms with Crippen LogP contribution in [0.1, 0.15) is 31.4 Å². The molecule has 0 saturated carbocycles. The van der Waals surface area contributed by atoms with Gasteiger partial charge in [-0.05, 0) is 58.1 Å². The van der Waals surface area contributed by atoms with Crippen molar-refractivity contribution in [2.75, 3.05) is 44.0 Å². The van der Waals surface area contributed by atoms with Crippen molar-refractivity contribution in [1.82, 2.24) is 19.8 Å². The van der Waals surface area contributed by atoms with Gasteiger partial charge in [-0.15, -0.1) is 0 Å². The van der Waals surface area contributed by atoms with E-state index in [4.69, 9.17) is 10.5 Å². The summed E-state index contributed by atoms with van der Waals surface area (Å²) in [5.41, 5.74) is 6.79. The Kier molecular flexibility index (Phi) is 7.19. The quantitative estimate of drug-likeness (QED) is 0.305. The summed E-state index contributed by atoms with van der Waals surface area (Å²) in [7, 11) is 2.11. The topological polar surface area (TPSA) is 133 Å². The van der Waals surface area contributed by atoms with Gasteiger partial charge in [-0.3, -0.25) is 5.01 Å². The third-order valence-corrected chi connectivity index (χ3v) is 5.77. The lowest BCUT2D eigenvalue weighted by atomic mass is 10.1. The molecular formula is C26H32N6O4. The first-order chi connectivity index (χ1) is 17.0. The van der Waals surface area contributed by atoms with E-state index in [0.29, 0.717) is 11.1 Å². The van der Waals surface area contributed by atoms with Crippen molar-refractivity contribution in [2.24, 2.45) is 0 Å². The molecule has 2 aromatic heterocycles. The van der Waals surface area contributed by atoms with Crippen molar-refractivity contribution in [1.29, 1.82) is 0 Å². The molecule has 1 aliphatic rings. The van der Waals surface area contributed by atoms with Crippen LogP contribution in [-0.4, -0.2) is 73.9 Å². The molecule has 0 unspecified atom stereocenters. The monoisotopic (exact) mass is 492 g/mol. The van der Waals surface area contributed by atoms with E-state index in [1.165, 1.54) is 12.1 Å². The molecule has 0 bridgehead atoms. The molecule has 1 fully saturated rings. The number of rotatable bonds is 5. The molecule has 190 valence electrons. The molecular weight excluding hydrogens is 460 g/mol. The third-order valence-electron chi connectivity index (χ3n) is 5.77. The van der Waals surface area contributed by atoms with Gasteiger partial charge < -0.3 is 30.7 Å². The summed E-state index contributed by atoms with van der Waals surface area (Å²) in [5.74, 6) is 2.82. The van der Waals surface area contributed by atoms with Crippen molar-refractivity contribution < 1.29 is 20.1 Å². The highest BCUT2D eigenvalue weighted by atomic mass is 16.8. The Hall–Kier alpha value is -3.62. The zero-order valence-corrected chi connectivity index (χ0v) is 20.7. The van der Waals surface area contributed by atoms with E-state index in [1.807, 2.05) is 11.0 Å². The number of aromatic nitrogens is 3. The molecule has 10 heteroatoms. The number of likely N-dealkylation sites (N-methyl/N-ethyl adjacent to an activating group) is 1. The summed E-state index contributed by atoms with van der Waals surface area (Å²) >= 11 is 0. The number of nitrogens with two attached hydrogens (primary N) is 1. The van der Waals surface area contributed by atoms with Crippen LogP contribution in [0, 0.1) is 11.8 Å². The number of benzene rings is 1. The molecule has 10 nitrogen and oxygen atoms in total. The predicted octanol–water partition coefficient (Wildman–Crippen LogP) is 1.10. The summed E-state index contributed by atoms with van der Waals surface area (Å²) in [6.45, 7) is 6.89. The standard InChI is InChI=1S/C26H32N6O4/c1-25(2,33)9-8-19-6-4-7-22(14-19)26(34,35)36-23-15-20(16-28-24(23)27)21-17-29-32(18-21)31-11-5-10-30(3)12-13-31/h4,6-7,14-18,33-35H,5,10-13H2,1-3H3,(H2,27,28). The Morgan fingerprint density at radius 1 is 1.03 bits per heavy atom. The fourth-order valence-corrected chi connectivity index (χ4v) is 3.79. The third kappa shape index (κ3) is 6.33. The van der Waals surface area contributed by atoms with Gasteiger partial charge in [0, 0.05) is 42.5 Å². The summed E-state index contributed by atoms with van der Waals surface area (Å²) in [6.07, 6.45) is 6.26. The van der Waals surface area contributed by atoms with E-state index in [1.54, 1.807) is 44.4 Å². The highest BCUT2D eigenvalue weighted by Gasteiger charge is 2.30. The van der Waals surface area contributed by atoms with E-state index < -0.39 is 11.6 Å². The van der Waals surface area contributed by atoms with Gasteiger partial charge in [-0.1, -0.05) is 17.9 Å². The summed E-state index contributed by atoms with van der Waals surface area (Å²) in [5, 5.41) is 37.9. The fraction of sp³-hybridized carbons (Fsp3) is 0.385. The first-order valence-corrected chi connectivity index (χ1v) is 11.7. The Morgan fingerprint density at radius 2 is 1.83 bits per heavy atom. The van der Waals surface area contributed by atoms with Crippen molar-refractivity contribution in [3.63, 3.8) is 0 Å². The molecule has 0 radical (unpaired) electrons. The predicted molar refractivity (Wildman–Crippen MR) is 136 cm³/mol. The molecule has 4 rings (SSSR count). The molecule has 36 heavy (non-hydrogen) atoms. The summed E-state index contributed by atoms with van der Waals surface area (Å²) < 4.78 is 5.52. The minimum Gasteiger partial charge on any atom is -0.432 e. The largest absolute Gasteiger partial charge is 0.432 e. The number of hydrogen-bond acceptors (Lipinski definition) is 9. The normalized spacial score (nSPS) is 15.2. The van der Waals surface area contributed by atoms with E-state index in [2.05, 4.69) is 38.9 Å². The molecule has 0 atom stereocenters. The van der Waals surface area contributed by atoms with E-state index in [9.17, 15) is 15.3 Å². The average Bonchev–Trinajstić information content (AvgIpc) is 3.21. The van der Waals surface area contributed by atoms with E-state index >= 15 is 0 Å². The molecule has 0 amide bonds. The Balaban J connectivity index is 1.55. The Morgan fingerprint density at radius 3 is 2.61 bits per heavy atom. The molecule has 5 N–H and O–H groups in total. The van der Waals surface area contributed by atoms with Crippen LogP contribution in [-0.2, 0) is 5.97 Å². The minimum absolute atomic E-state index is 0.00662. The van der Waals surface area contributed by atoms with Crippen LogP contribution in [0.4, 0.5) is 5.82 Å². The van der Waals surface area contributed by atoms with Gasteiger partial charge in [0.15, 0.2) is 11.6 Å². The first kappa shape index (κ1) is 25.5.